The molecular formula is C14H17N3O. The van der Waals surface area contributed by atoms with E-state index >= 15 is 0 Å². The minimum Gasteiger partial charge on any atom is -0.340 e. The Morgan fingerprint density at radius 2 is 2.11 bits per heavy atom. The zero-order valence-electron chi connectivity index (χ0n) is 10.5. The second-order valence-corrected chi connectivity index (χ2v) is 4.71. The fourth-order valence-electron chi connectivity index (χ4n) is 1.70. The number of nitriles is 1. The molecule has 0 aliphatic heterocycles. The van der Waals surface area contributed by atoms with E-state index in [1.807, 2.05) is 12.1 Å². The number of amides is 1. The van der Waals surface area contributed by atoms with Crippen molar-refractivity contribution in [3.8, 4) is 6.07 Å². The van der Waals surface area contributed by atoms with Crippen molar-refractivity contribution < 1.29 is 4.79 Å². The number of likely N-dealkylation sites (N-methyl/N-ethyl adjacent to an activating group) is 1. The number of nitrogens with one attached hydrogen (secondary N) is 1. The highest BCUT2D eigenvalue weighted by Crippen LogP contribution is 2.18. The molecule has 0 atom stereocenters. The van der Waals surface area contributed by atoms with Crippen LogP contribution in [-0.2, 0) is 11.3 Å². The molecule has 0 bridgehead atoms. The molecule has 0 radical (unpaired) electrons. The van der Waals surface area contributed by atoms with Gasteiger partial charge in [-0.25, -0.2) is 0 Å². The number of rotatable bonds is 5. The number of nitrogens with zero attached hydrogens (tertiary/aromatic N) is 2. The van der Waals surface area contributed by atoms with Crippen molar-refractivity contribution in [1.82, 2.24) is 10.2 Å². The van der Waals surface area contributed by atoms with E-state index in [2.05, 4.69) is 11.4 Å². The van der Waals surface area contributed by atoms with Crippen LogP contribution in [0.25, 0.3) is 0 Å². The van der Waals surface area contributed by atoms with Crippen LogP contribution in [-0.4, -0.2) is 30.4 Å². The number of hydrogen-bond acceptors (Lipinski definition) is 3. The molecule has 0 unspecified atom stereocenters. The predicted molar refractivity (Wildman–Crippen MR) is 68.7 cm³/mol. The Labute approximate surface area is 107 Å². The van der Waals surface area contributed by atoms with Crippen LogP contribution >= 0.6 is 0 Å². The standard InChI is InChI=1S/C14H17N3O/c1-17(14(18)9-16-13-6-7-13)10-12-4-2-11(8-15)3-5-12/h2-5,13,16H,6-7,9-10H2,1H3. The van der Waals surface area contributed by atoms with E-state index in [9.17, 15) is 4.79 Å². The molecule has 1 aromatic rings. The molecular weight excluding hydrogens is 226 g/mol. The third kappa shape index (κ3) is 3.57. The van der Waals surface area contributed by atoms with E-state index in [4.69, 9.17) is 5.26 Å². The summed E-state index contributed by atoms with van der Waals surface area (Å²) in [5, 5.41) is 11.9. The van der Waals surface area contributed by atoms with E-state index in [1.165, 1.54) is 12.8 Å². The zero-order valence-corrected chi connectivity index (χ0v) is 10.5. The maximum absolute atomic E-state index is 11.8. The molecule has 1 fully saturated rings. The molecule has 2 rings (SSSR count). The van der Waals surface area contributed by atoms with Gasteiger partial charge in [0, 0.05) is 19.6 Å². The Balaban J connectivity index is 1.82. The quantitative estimate of drug-likeness (QED) is 0.847. The van der Waals surface area contributed by atoms with Gasteiger partial charge in [-0.3, -0.25) is 4.79 Å². The van der Waals surface area contributed by atoms with Gasteiger partial charge in [0.25, 0.3) is 0 Å². The normalized spacial score (nSPS) is 14.0. The summed E-state index contributed by atoms with van der Waals surface area (Å²) in [5.74, 6) is 0.103. The molecule has 1 N–H and O–H groups in total. The summed E-state index contributed by atoms with van der Waals surface area (Å²) in [5.41, 5.74) is 1.68. The first-order chi connectivity index (χ1) is 8.69. The van der Waals surface area contributed by atoms with Crippen LogP contribution in [0, 0.1) is 11.3 Å². The van der Waals surface area contributed by atoms with E-state index in [-0.39, 0.29) is 5.91 Å². The van der Waals surface area contributed by atoms with Crippen LogP contribution in [0.2, 0.25) is 0 Å². The van der Waals surface area contributed by atoms with Crippen LogP contribution in [0.4, 0.5) is 0 Å². The lowest BCUT2D eigenvalue weighted by Crippen LogP contribution is -2.35. The highest BCUT2D eigenvalue weighted by atomic mass is 16.2. The first-order valence-electron chi connectivity index (χ1n) is 6.15. The van der Waals surface area contributed by atoms with E-state index in [0.717, 1.165) is 5.56 Å². The molecule has 18 heavy (non-hydrogen) atoms. The summed E-state index contributed by atoms with van der Waals surface area (Å²) < 4.78 is 0. The van der Waals surface area contributed by atoms with Gasteiger partial charge in [0.15, 0.2) is 0 Å². The van der Waals surface area contributed by atoms with Gasteiger partial charge in [-0.05, 0) is 30.5 Å². The second kappa shape index (κ2) is 5.65. The molecule has 94 valence electrons. The largest absolute Gasteiger partial charge is 0.340 e. The third-order valence-electron chi connectivity index (χ3n) is 3.05. The molecule has 0 heterocycles. The first-order valence-corrected chi connectivity index (χ1v) is 6.15. The Morgan fingerprint density at radius 1 is 1.44 bits per heavy atom. The van der Waals surface area contributed by atoms with Gasteiger partial charge in [-0.2, -0.15) is 5.26 Å². The summed E-state index contributed by atoms with van der Waals surface area (Å²) in [6.45, 7) is 0.994. The Bertz CT molecular complexity index is 457. The van der Waals surface area contributed by atoms with Crippen LogP contribution in [0.3, 0.4) is 0 Å². The number of benzene rings is 1. The van der Waals surface area contributed by atoms with Crippen molar-refractivity contribution in [2.24, 2.45) is 0 Å². The van der Waals surface area contributed by atoms with Crippen molar-refractivity contribution in [3.63, 3.8) is 0 Å². The number of carbonyl (C=O) groups is 1. The Morgan fingerprint density at radius 3 is 2.67 bits per heavy atom. The van der Waals surface area contributed by atoms with Gasteiger partial charge in [0.05, 0.1) is 18.2 Å². The molecule has 1 aliphatic carbocycles. The van der Waals surface area contributed by atoms with Crippen molar-refractivity contribution in [1.29, 1.82) is 5.26 Å². The highest BCUT2D eigenvalue weighted by molar-refractivity contribution is 5.78. The minimum absolute atomic E-state index is 0.103. The van der Waals surface area contributed by atoms with Crippen molar-refractivity contribution in [2.45, 2.75) is 25.4 Å². The first kappa shape index (κ1) is 12.6. The topological polar surface area (TPSA) is 56.1 Å². The summed E-state index contributed by atoms with van der Waals surface area (Å²) in [6, 6.07) is 9.95. The fourth-order valence-corrected chi connectivity index (χ4v) is 1.70. The number of carbonyl (C=O) groups excluding carboxylic acids is 1. The third-order valence-corrected chi connectivity index (χ3v) is 3.05. The molecule has 1 aliphatic rings. The van der Waals surface area contributed by atoms with Gasteiger partial charge in [-0.1, -0.05) is 12.1 Å². The van der Waals surface area contributed by atoms with Gasteiger partial charge in [-0.15, -0.1) is 0 Å². The van der Waals surface area contributed by atoms with Crippen molar-refractivity contribution in [2.75, 3.05) is 13.6 Å². The van der Waals surface area contributed by atoms with Gasteiger partial charge >= 0.3 is 0 Å². The maximum Gasteiger partial charge on any atom is 0.236 e. The predicted octanol–water partition coefficient (Wildman–Crippen LogP) is 1.27. The average molecular weight is 243 g/mol. The molecule has 0 spiro atoms. The van der Waals surface area contributed by atoms with E-state index in [1.54, 1.807) is 24.1 Å². The summed E-state index contributed by atoms with van der Waals surface area (Å²) in [4.78, 5) is 13.5. The smallest absolute Gasteiger partial charge is 0.236 e. The van der Waals surface area contributed by atoms with Crippen molar-refractivity contribution in [3.05, 3.63) is 35.4 Å². The highest BCUT2D eigenvalue weighted by Gasteiger charge is 2.21. The monoisotopic (exact) mass is 243 g/mol. The van der Waals surface area contributed by atoms with Crippen LogP contribution in [0.15, 0.2) is 24.3 Å². The molecule has 1 saturated carbocycles. The second-order valence-electron chi connectivity index (χ2n) is 4.71. The van der Waals surface area contributed by atoms with E-state index in [0.29, 0.717) is 24.7 Å². The minimum atomic E-state index is 0.103. The maximum atomic E-state index is 11.8. The Hall–Kier alpha value is -1.86. The molecule has 0 saturated heterocycles. The lowest BCUT2D eigenvalue weighted by atomic mass is 10.1. The summed E-state index contributed by atoms with van der Waals surface area (Å²) in [7, 11) is 1.80. The fraction of sp³-hybridized carbons (Fsp3) is 0.429. The lowest BCUT2D eigenvalue weighted by Gasteiger charge is -2.17. The van der Waals surface area contributed by atoms with E-state index < -0.39 is 0 Å². The van der Waals surface area contributed by atoms with Crippen LogP contribution < -0.4 is 5.32 Å². The summed E-state index contributed by atoms with van der Waals surface area (Å²) in [6.07, 6.45) is 2.37. The molecule has 4 heteroatoms. The molecule has 4 nitrogen and oxygen atoms in total. The lowest BCUT2D eigenvalue weighted by molar-refractivity contribution is -0.129. The summed E-state index contributed by atoms with van der Waals surface area (Å²) >= 11 is 0. The average Bonchev–Trinajstić information content (AvgIpc) is 3.21. The van der Waals surface area contributed by atoms with Crippen LogP contribution in [0.5, 0.6) is 0 Å². The van der Waals surface area contributed by atoms with Gasteiger partial charge in [0.1, 0.15) is 0 Å². The number of hydrogen-bond donors (Lipinski definition) is 1. The van der Waals surface area contributed by atoms with Crippen LogP contribution in [0.1, 0.15) is 24.0 Å². The van der Waals surface area contributed by atoms with Crippen molar-refractivity contribution >= 4 is 5.91 Å². The SMILES string of the molecule is CN(Cc1ccc(C#N)cc1)C(=O)CNC1CC1. The Kier molecular flexibility index (Phi) is 3.96. The zero-order chi connectivity index (χ0) is 13.0. The van der Waals surface area contributed by atoms with Gasteiger partial charge in [0.2, 0.25) is 5.91 Å². The molecule has 0 aromatic heterocycles. The molecule has 1 amide bonds. The van der Waals surface area contributed by atoms with Gasteiger partial charge < -0.3 is 10.2 Å². The molecule has 1 aromatic carbocycles.